The van der Waals surface area contributed by atoms with Crippen molar-refractivity contribution in [3.05, 3.63) is 57.8 Å². The molecule has 0 spiro atoms. The lowest BCUT2D eigenvalue weighted by molar-refractivity contribution is -0.402. The summed E-state index contributed by atoms with van der Waals surface area (Å²) in [4.78, 5) is 21.3. The van der Waals surface area contributed by atoms with E-state index in [0.717, 1.165) is 11.6 Å². The highest BCUT2D eigenvalue weighted by Gasteiger charge is 2.18. The van der Waals surface area contributed by atoms with Crippen LogP contribution in [0.5, 0.6) is 5.75 Å². The van der Waals surface area contributed by atoms with Crippen LogP contribution in [0.25, 0.3) is 0 Å². The van der Waals surface area contributed by atoms with E-state index in [4.69, 9.17) is 13.9 Å². The first kappa shape index (κ1) is 14.6. The largest absolute Gasteiger partial charge is 0.490 e. The number of rotatable bonds is 6. The number of hydrogen-bond acceptors (Lipinski definition) is 6. The molecule has 0 aliphatic carbocycles. The second-order valence-corrected chi connectivity index (χ2v) is 4.14. The second kappa shape index (κ2) is 6.56. The van der Waals surface area contributed by atoms with Crippen molar-refractivity contribution in [1.29, 1.82) is 0 Å². The lowest BCUT2D eigenvalue weighted by atomic mass is 10.2. The number of esters is 1. The minimum Gasteiger partial charge on any atom is -0.490 e. The van der Waals surface area contributed by atoms with Gasteiger partial charge in [-0.15, -0.1) is 0 Å². The fraction of sp³-hybridized carbons (Fsp3) is 0.214. The summed E-state index contributed by atoms with van der Waals surface area (Å²) in [7, 11) is 0. The molecule has 21 heavy (non-hydrogen) atoms. The van der Waals surface area contributed by atoms with Crippen LogP contribution < -0.4 is 4.74 Å². The molecule has 0 saturated carbocycles. The molecule has 7 nitrogen and oxygen atoms in total. The smallest absolute Gasteiger partial charge is 0.433 e. The summed E-state index contributed by atoms with van der Waals surface area (Å²) in [5, 5.41) is 10.4. The Balaban J connectivity index is 1.79. The molecular weight excluding hydrogens is 278 g/mol. The minimum absolute atomic E-state index is 0.0155. The molecule has 0 aliphatic heterocycles. The van der Waals surface area contributed by atoms with Gasteiger partial charge in [0.15, 0.2) is 0 Å². The highest BCUT2D eigenvalue weighted by Crippen LogP contribution is 2.17. The maximum Gasteiger partial charge on any atom is 0.433 e. The molecule has 1 aromatic heterocycles. The number of carbonyl (C=O) groups excluding carboxylic acids is 1. The van der Waals surface area contributed by atoms with Crippen molar-refractivity contribution < 1.29 is 23.6 Å². The Morgan fingerprint density at radius 1 is 1.24 bits per heavy atom. The van der Waals surface area contributed by atoms with Crippen LogP contribution in [-0.2, 0) is 4.74 Å². The number of nitro groups is 1. The van der Waals surface area contributed by atoms with Gasteiger partial charge in [0.25, 0.3) is 0 Å². The fourth-order valence-corrected chi connectivity index (χ4v) is 1.61. The average Bonchev–Trinajstić information content (AvgIpc) is 2.95. The molecule has 0 amide bonds. The molecule has 0 N–H and O–H groups in total. The summed E-state index contributed by atoms with van der Waals surface area (Å²) in [5.41, 5.74) is 0.977. The Labute approximate surface area is 120 Å². The molecule has 0 saturated heterocycles. The Hall–Kier alpha value is -2.83. The summed E-state index contributed by atoms with van der Waals surface area (Å²) in [5.74, 6) is -0.769. The summed E-state index contributed by atoms with van der Waals surface area (Å²) in [6, 6.07) is 9.75. The zero-order chi connectivity index (χ0) is 15.2. The van der Waals surface area contributed by atoms with Gasteiger partial charge in [-0.1, -0.05) is 18.2 Å². The number of aryl methyl sites for hydroxylation is 1. The molecule has 0 unspecified atom stereocenters. The Bertz CT molecular complexity index is 648. The van der Waals surface area contributed by atoms with Gasteiger partial charge in [0.2, 0.25) is 5.76 Å². The molecule has 2 rings (SSSR count). The molecule has 110 valence electrons. The van der Waals surface area contributed by atoms with E-state index in [2.05, 4.69) is 0 Å². The number of carbonyl (C=O) groups is 1. The van der Waals surface area contributed by atoms with Crippen LogP contribution in [0, 0.1) is 17.0 Å². The van der Waals surface area contributed by atoms with Gasteiger partial charge >= 0.3 is 11.9 Å². The third kappa shape index (κ3) is 3.82. The average molecular weight is 291 g/mol. The quantitative estimate of drug-likeness (QED) is 0.351. The van der Waals surface area contributed by atoms with Gasteiger partial charge in [0, 0.05) is 0 Å². The highest BCUT2D eigenvalue weighted by molar-refractivity contribution is 5.86. The summed E-state index contributed by atoms with van der Waals surface area (Å²) in [6.07, 6.45) is 0. The Morgan fingerprint density at radius 2 is 2.00 bits per heavy atom. The van der Waals surface area contributed by atoms with E-state index in [1.54, 1.807) is 0 Å². The third-order valence-electron chi connectivity index (χ3n) is 2.64. The number of ether oxygens (including phenoxy) is 2. The van der Waals surface area contributed by atoms with Crippen molar-refractivity contribution in [2.45, 2.75) is 6.92 Å². The molecule has 0 fully saturated rings. The number of benzene rings is 1. The third-order valence-corrected chi connectivity index (χ3v) is 2.64. The van der Waals surface area contributed by atoms with Gasteiger partial charge in [0.05, 0.1) is 6.07 Å². The molecule has 0 aliphatic rings. The first-order valence-corrected chi connectivity index (χ1v) is 6.17. The van der Waals surface area contributed by atoms with Crippen LogP contribution in [0.4, 0.5) is 5.88 Å². The second-order valence-electron chi connectivity index (χ2n) is 4.14. The first-order chi connectivity index (χ1) is 10.1. The van der Waals surface area contributed by atoms with Crippen LogP contribution >= 0.6 is 0 Å². The molecule has 1 heterocycles. The van der Waals surface area contributed by atoms with E-state index < -0.39 is 16.8 Å². The summed E-state index contributed by atoms with van der Waals surface area (Å²) >= 11 is 0. The van der Waals surface area contributed by atoms with E-state index in [1.165, 1.54) is 6.07 Å². The van der Waals surface area contributed by atoms with E-state index >= 15 is 0 Å². The van der Waals surface area contributed by atoms with Crippen molar-refractivity contribution in [3.8, 4) is 5.75 Å². The standard InChI is InChI=1S/C14H13NO6/c1-10-4-2-3-5-11(10)19-8-9-20-14(16)12-6-7-13(21-12)15(17)18/h2-7H,8-9H2,1H3. The molecule has 1 aromatic carbocycles. The van der Waals surface area contributed by atoms with Gasteiger partial charge < -0.3 is 13.9 Å². The van der Waals surface area contributed by atoms with Gasteiger partial charge in [-0.3, -0.25) is 10.1 Å². The van der Waals surface area contributed by atoms with Gasteiger partial charge in [-0.05, 0) is 24.6 Å². The van der Waals surface area contributed by atoms with Gasteiger partial charge in [0.1, 0.15) is 23.9 Å². The van der Waals surface area contributed by atoms with Crippen LogP contribution in [0.1, 0.15) is 16.1 Å². The van der Waals surface area contributed by atoms with Crippen molar-refractivity contribution in [2.24, 2.45) is 0 Å². The van der Waals surface area contributed by atoms with Crippen molar-refractivity contribution >= 4 is 11.9 Å². The number of hydrogen-bond donors (Lipinski definition) is 0. The monoisotopic (exact) mass is 291 g/mol. The lowest BCUT2D eigenvalue weighted by Gasteiger charge is -2.08. The number of nitrogens with zero attached hydrogens (tertiary/aromatic N) is 1. The molecule has 0 radical (unpaired) electrons. The fourth-order valence-electron chi connectivity index (χ4n) is 1.61. The zero-order valence-electron chi connectivity index (χ0n) is 11.3. The summed E-state index contributed by atoms with van der Waals surface area (Å²) < 4.78 is 15.1. The Morgan fingerprint density at radius 3 is 2.67 bits per heavy atom. The maximum absolute atomic E-state index is 11.6. The van der Waals surface area contributed by atoms with Crippen molar-refractivity contribution in [2.75, 3.05) is 13.2 Å². The predicted molar refractivity (Wildman–Crippen MR) is 72.3 cm³/mol. The summed E-state index contributed by atoms with van der Waals surface area (Å²) in [6.45, 7) is 2.10. The van der Waals surface area contributed by atoms with E-state index in [9.17, 15) is 14.9 Å². The van der Waals surface area contributed by atoms with E-state index in [-0.39, 0.29) is 19.0 Å². The van der Waals surface area contributed by atoms with E-state index in [1.807, 2.05) is 31.2 Å². The van der Waals surface area contributed by atoms with Gasteiger partial charge in [-0.25, -0.2) is 4.79 Å². The molecule has 0 bridgehead atoms. The SMILES string of the molecule is Cc1ccccc1OCCOC(=O)c1ccc([N+](=O)[O-])o1. The Kier molecular flexibility index (Phi) is 4.55. The number of furan rings is 1. The normalized spacial score (nSPS) is 10.1. The van der Waals surface area contributed by atoms with E-state index in [0.29, 0.717) is 5.75 Å². The van der Waals surface area contributed by atoms with Crippen LogP contribution in [0.3, 0.4) is 0 Å². The topological polar surface area (TPSA) is 91.8 Å². The predicted octanol–water partition coefficient (Wildman–Crippen LogP) is 2.73. The van der Waals surface area contributed by atoms with Gasteiger partial charge in [-0.2, -0.15) is 0 Å². The van der Waals surface area contributed by atoms with Crippen LogP contribution in [0.15, 0.2) is 40.8 Å². The highest BCUT2D eigenvalue weighted by atomic mass is 16.7. The molecule has 2 aromatic rings. The molecular formula is C14H13NO6. The number of para-hydroxylation sites is 1. The first-order valence-electron chi connectivity index (χ1n) is 6.17. The van der Waals surface area contributed by atoms with Crippen LogP contribution in [-0.4, -0.2) is 24.1 Å². The minimum atomic E-state index is -0.767. The van der Waals surface area contributed by atoms with Crippen LogP contribution in [0.2, 0.25) is 0 Å². The maximum atomic E-state index is 11.6. The van der Waals surface area contributed by atoms with Crippen molar-refractivity contribution in [1.82, 2.24) is 0 Å². The molecule has 7 heteroatoms. The van der Waals surface area contributed by atoms with Crippen molar-refractivity contribution in [3.63, 3.8) is 0 Å². The molecule has 0 atom stereocenters. The lowest BCUT2D eigenvalue weighted by Crippen LogP contribution is -2.12. The zero-order valence-corrected chi connectivity index (χ0v) is 11.3.